The molecular formula is C16H27N3O. The fraction of sp³-hybridized carbons (Fsp3) is 0.625. The van der Waals surface area contributed by atoms with Crippen LogP contribution < -0.4 is 10.6 Å². The van der Waals surface area contributed by atoms with Crippen LogP contribution in [0.15, 0.2) is 18.3 Å². The van der Waals surface area contributed by atoms with Crippen molar-refractivity contribution in [2.24, 2.45) is 0 Å². The maximum atomic E-state index is 12.3. The Morgan fingerprint density at radius 3 is 2.60 bits per heavy atom. The minimum Gasteiger partial charge on any atom is -0.345 e. The van der Waals surface area contributed by atoms with E-state index in [2.05, 4.69) is 22.5 Å². The number of aryl methyl sites for hydroxylation is 1. The molecule has 0 aliphatic carbocycles. The van der Waals surface area contributed by atoms with Crippen molar-refractivity contribution in [3.05, 3.63) is 29.6 Å². The van der Waals surface area contributed by atoms with Gasteiger partial charge in [0.2, 0.25) is 0 Å². The normalized spacial score (nSPS) is 16.8. The zero-order chi connectivity index (χ0) is 15.0. The van der Waals surface area contributed by atoms with Gasteiger partial charge in [-0.15, -0.1) is 0 Å². The Balaban J connectivity index is 0.000000956. The first kappa shape index (κ1) is 16.6. The molecule has 0 aromatic carbocycles. The van der Waals surface area contributed by atoms with Crippen LogP contribution in [-0.4, -0.2) is 29.5 Å². The van der Waals surface area contributed by atoms with Gasteiger partial charge in [-0.1, -0.05) is 26.8 Å². The average Bonchev–Trinajstić information content (AvgIpc) is 2.50. The molecule has 1 saturated heterocycles. The van der Waals surface area contributed by atoms with Crippen molar-refractivity contribution in [3.8, 4) is 0 Å². The third-order valence-corrected chi connectivity index (χ3v) is 3.84. The molecule has 4 nitrogen and oxygen atoms in total. The van der Waals surface area contributed by atoms with Gasteiger partial charge in [-0.05, 0) is 50.9 Å². The summed E-state index contributed by atoms with van der Waals surface area (Å²) < 4.78 is 0. The van der Waals surface area contributed by atoms with Crippen LogP contribution in [0.4, 0.5) is 0 Å². The van der Waals surface area contributed by atoms with Gasteiger partial charge in [0.1, 0.15) is 5.69 Å². The van der Waals surface area contributed by atoms with E-state index in [4.69, 9.17) is 0 Å². The van der Waals surface area contributed by atoms with E-state index in [0.717, 1.165) is 37.9 Å². The number of hydrogen-bond donors (Lipinski definition) is 2. The predicted octanol–water partition coefficient (Wildman–Crippen LogP) is 2.68. The Morgan fingerprint density at radius 1 is 1.40 bits per heavy atom. The van der Waals surface area contributed by atoms with Gasteiger partial charge in [-0.2, -0.15) is 0 Å². The fourth-order valence-electron chi connectivity index (χ4n) is 2.50. The highest BCUT2D eigenvalue weighted by Gasteiger charge is 2.32. The predicted molar refractivity (Wildman–Crippen MR) is 82.9 cm³/mol. The van der Waals surface area contributed by atoms with E-state index < -0.39 is 0 Å². The van der Waals surface area contributed by atoms with Gasteiger partial charge in [-0.3, -0.25) is 9.78 Å². The molecule has 1 aliphatic rings. The highest BCUT2D eigenvalue weighted by molar-refractivity contribution is 5.94. The molecule has 1 aliphatic heterocycles. The first-order chi connectivity index (χ1) is 9.67. The highest BCUT2D eigenvalue weighted by atomic mass is 16.2. The third-order valence-electron chi connectivity index (χ3n) is 3.84. The van der Waals surface area contributed by atoms with Gasteiger partial charge in [0.05, 0.1) is 0 Å². The smallest absolute Gasteiger partial charge is 0.270 e. The van der Waals surface area contributed by atoms with Crippen LogP contribution in [0, 0.1) is 6.92 Å². The van der Waals surface area contributed by atoms with Crippen molar-refractivity contribution in [1.82, 2.24) is 15.6 Å². The minimum absolute atomic E-state index is 0.0446. The Bertz CT molecular complexity index is 425. The van der Waals surface area contributed by atoms with Crippen LogP contribution in [-0.2, 0) is 0 Å². The fourth-order valence-corrected chi connectivity index (χ4v) is 2.50. The van der Waals surface area contributed by atoms with Gasteiger partial charge < -0.3 is 10.6 Å². The summed E-state index contributed by atoms with van der Waals surface area (Å²) in [6.07, 6.45) is 4.61. The SMILES string of the molecule is CC.CCC1(NC(=O)c2ncccc2C)CCNCC1. The summed E-state index contributed by atoms with van der Waals surface area (Å²) in [7, 11) is 0. The van der Waals surface area contributed by atoms with Crippen molar-refractivity contribution < 1.29 is 4.79 Å². The Kier molecular flexibility index (Phi) is 6.65. The summed E-state index contributed by atoms with van der Waals surface area (Å²) in [6, 6.07) is 3.77. The van der Waals surface area contributed by atoms with Crippen LogP contribution in [0.1, 0.15) is 56.1 Å². The monoisotopic (exact) mass is 277 g/mol. The lowest BCUT2D eigenvalue weighted by molar-refractivity contribution is 0.0865. The molecule has 1 aromatic rings. The first-order valence-electron chi connectivity index (χ1n) is 7.62. The second-order valence-electron chi connectivity index (χ2n) is 5.01. The molecule has 1 fully saturated rings. The zero-order valence-electron chi connectivity index (χ0n) is 13.1. The third kappa shape index (κ3) is 4.04. The van der Waals surface area contributed by atoms with Gasteiger partial charge >= 0.3 is 0 Å². The summed E-state index contributed by atoms with van der Waals surface area (Å²) in [5.41, 5.74) is 1.41. The zero-order valence-corrected chi connectivity index (χ0v) is 13.1. The Morgan fingerprint density at radius 2 is 2.05 bits per heavy atom. The quantitative estimate of drug-likeness (QED) is 0.893. The van der Waals surface area contributed by atoms with Crippen molar-refractivity contribution in [1.29, 1.82) is 0 Å². The number of amides is 1. The van der Waals surface area contributed by atoms with Crippen LogP contribution in [0.2, 0.25) is 0 Å². The lowest BCUT2D eigenvalue weighted by Crippen LogP contribution is -2.54. The number of rotatable bonds is 3. The molecule has 0 saturated carbocycles. The molecule has 2 rings (SSSR count). The van der Waals surface area contributed by atoms with Gasteiger partial charge in [0.25, 0.3) is 5.91 Å². The number of carbonyl (C=O) groups is 1. The van der Waals surface area contributed by atoms with E-state index in [0.29, 0.717) is 5.69 Å². The average molecular weight is 277 g/mol. The van der Waals surface area contributed by atoms with E-state index in [1.165, 1.54) is 0 Å². The molecule has 0 radical (unpaired) electrons. The van der Waals surface area contributed by atoms with E-state index in [1.54, 1.807) is 6.20 Å². The summed E-state index contributed by atoms with van der Waals surface area (Å²) in [6.45, 7) is 9.99. The highest BCUT2D eigenvalue weighted by Crippen LogP contribution is 2.22. The van der Waals surface area contributed by atoms with E-state index in [1.807, 2.05) is 32.9 Å². The second-order valence-corrected chi connectivity index (χ2v) is 5.01. The summed E-state index contributed by atoms with van der Waals surface area (Å²) >= 11 is 0. The van der Waals surface area contributed by atoms with Crippen LogP contribution in [0.5, 0.6) is 0 Å². The maximum Gasteiger partial charge on any atom is 0.270 e. The molecule has 20 heavy (non-hydrogen) atoms. The van der Waals surface area contributed by atoms with E-state index in [-0.39, 0.29) is 11.4 Å². The van der Waals surface area contributed by atoms with Crippen molar-refractivity contribution >= 4 is 5.91 Å². The molecule has 0 unspecified atom stereocenters. The molecular weight excluding hydrogens is 250 g/mol. The Labute approximate surface area is 122 Å². The number of aromatic nitrogens is 1. The van der Waals surface area contributed by atoms with Crippen molar-refractivity contribution in [2.45, 2.75) is 52.5 Å². The summed E-state index contributed by atoms with van der Waals surface area (Å²) in [4.78, 5) is 16.5. The number of carbonyl (C=O) groups excluding carboxylic acids is 1. The van der Waals surface area contributed by atoms with Crippen molar-refractivity contribution in [2.75, 3.05) is 13.1 Å². The molecule has 2 N–H and O–H groups in total. The summed E-state index contributed by atoms with van der Waals surface area (Å²) in [5, 5.41) is 6.53. The molecule has 112 valence electrons. The second kappa shape index (κ2) is 8.00. The lowest BCUT2D eigenvalue weighted by atomic mass is 9.85. The molecule has 1 amide bonds. The number of piperidine rings is 1. The first-order valence-corrected chi connectivity index (χ1v) is 7.62. The largest absolute Gasteiger partial charge is 0.345 e. The number of hydrogen-bond acceptors (Lipinski definition) is 3. The number of pyridine rings is 1. The summed E-state index contributed by atoms with van der Waals surface area (Å²) in [5.74, 6) is -0.0446. The Hall–Kier alpha value is -1.42. The molecule has 0 spiro atoms. The topological polar surface area (TPSA) is 54.0 Å². The number of nitrogens with zero attached hydrogens (tertiary/aromatic N) is 1. The minimum atomic E-state index is -0.0632. The lowest BCUT2D eigenvalue weighted by Gasteiger charge is -2.37. The molecule has 4 heteroatoms. The standard InChI is InChI=1S/C14H21N3O.C2H6/c1-3-14(6-9-15-10-7-14)17-13(18)12-11(2)5-4-8-16-12;1-2/h4-5,8,15H,3,6-7,9-10H2,1-2H3,(H,17,18);1-2H3. The van der Waals surface area contributed by atoms with Gasteiger partial charge in [0.15, 0.2) is 0 Å². The van der Waals surface area contributed by atoms with Crippen molar-refractivity contribution in [3.63, 3.8) is 0 Å². The maximum absolute atomic E-state index is 12.3. The number of nitrogens with one attached hydrogen (secondary N) is 2. The van der Waals surface area contributed by atoms with Gasteiger partial charge in [0, 0.05) is 11.7 Å². The molecule has 2 heterocycles. The molecule has 0 atom stereocenters. The van der Waals surface area contributed by atoms with Gasteiger partial charge in [-0.25, -0.2) is 0 Å². The van der Waals surface area contributed by atoms with E-state index >= 15 is 0 Å². The molecule has 1 aromatic heterocycles. The van der Waals surface area contributed by atoms with Crippen LogP contribution in [0.25, 0.3) is 0 Å². The van der Waals surface area contributed by atoms with Crippen LogP contribution >= 0.6 is 0 Å². The molecule has 0 bridgehead atoms. The van der Waals surface area contributed by atoms with E-state index in [9.17, 15) is 4.79 Å². The van der Waals surface area contributed by atoms with Crippen LogP contribution in [0.3, 0.4) is 0 Å².